The molecule has 1 aliphatic heterocycles. The molecule has 0 saturated heterocycles. The van der Waals surface area contributed by atoms with Crippen LogP contribution in [0, 0.1) is 0 Å². The van der Waals surface area contributed by atoms with Crippen molar-refractivity contribution in [2.24, 2.45) is 0 Å². The molecule has 1 aromatic heterocycles. The Bertz CT molecular complexity index is 565. The number of ether oxygens (including phenoxy) is 1. The molecule has 0 fully saturated rings. The molecule has 1 aromatic carbocycles. The van der Waals surface area contributed by atoms with Gasteiger partial charge in [-0.25, -0.2) is 9.67 Å². The fourth-order valence-corrected chi connectivity index (χ4v) is 2.23. The van der Waals surface area contributed by atoms with E-state index in [1.54, 1.807) is 7.11 Å². The number of aliphatic hydroxyl groups is 1. The van der Waals surface area contributed by atoms with E-state index in [0.717, 1.165) is 30.1 Å². The number of aliphatic hydroxyl groups excluding tert-OH is 1. The minimum absolute atomic E-state index is 0.299. The van der Waals surface area contributed by atoms with Gasteiger partial charge in [0.25, 0.3) is 0 Å². The van der Waals surface area contributed by atoms with E-state index in [1.165, 1.54) is 0 Å². The lowest BCUT2D eigenvalue weighted by atomic mass is 10.1. The standard InChI is InChI=1S/C13H15N3O2/c1-18-11-5-3-2-4-10(11)13-14-12-8-9(17)6-7-16(12)15-13/h2-5,9,17H,6-8H2,1H3. The van der Waals surface area contributed by atoms with Crippen LogP contribution in [0.25, 0.3) is 11.4 Å². The fraction of sp³-hybridized carbons (Fsp3) is 0.385. The molecule has 1 atom stereocenters. The summed E-state index contributed by atoms with van der Waals surface area (Å²) in [5.74, 6) is 2.27. The smallest absolute Gasteiger partial charge is 0.185 e. The van der Waals surface area contributed by atoms with Crippen LogP contribution in [-0.2, 0) is 13.0 Å². The number of hydrogen-bond acceptors (Lipinski definition) is 4. The summed E-state index contributed by atoms with van der Waals surface area (Å²) in [6, 6.07) is 7.69. The second-order valence-electron chi connectivity index (χ2n) is 4.42. The van der Waals surface area contributed by atoms with Gasteiger partial charge in [0.05, 0.1) is 18.8 Å². The topological polar surface area (TPSA) is 60.2 Å². The molecule has 0 amide bonds. The summed E-state index contributed by atoms with van der Waals surface area (Å²) in [6.45, 7) is 0.721. The van der Waals surface area contributed by atoms with Crippen LogP contribution in [0.3, 0.4) is 0 Å². The number of rotatable bonds is 2. The van der Waals surface area contributed by atoms with Gasteiger partial charge in [0.15, 0.2) is 5.82 Å². The predicted molar refractivity (Wildman–Crippen MR) is 66.3 cm³/mol. The van der Waals surface area contributed by atoms with Crippen LogP contribution >= 0.6 is 0 Å². The van der Waals surface area contributed by atoms with Gasteiger partial charge in [0, 0.05) is 13.0 Å². The third-order valence-corrected chi connectivity index (χ3v) is 3.19. The van der Waals surface area contributed by atoms with Crippen molar-refractivity contribution in [1.82, 2.24) is 14.8 Å². The molecule has 94 valence electrons. The van der Waals surface area contributed by atoms with E-state index in [-0.39, 0.29) is 6.10 Å². The van der Waals surface area contributed by atoms with Crippen molar-refractivity contribution in [3.8, 4) is 17.1 Å². The van der Waals surface area contributed by atoms with Crippen molar-refractivity contribution >= 4 is 0 Å². The second kappa shape index (κ2) is 4.42. The van der Waals surface area contributed by atoms with E-state index < -0.39 is 0 Å². The van der Waals surface area contributed by atoms with E-state index in [2.05, 4.69) is 10.1 Å². The third kappa shape index (κ3) is 1.86. The molecule has 0 aliphatic carbocycles. The van der Waals surface area contributed by atoms with Gasteiger partial charge >= 0.3 is 0 Å². The van der Waals surface area contributed by atoms with Gasteiger partial charge in [-0.1, -0.05) is 12.1 Å². The summed E-state index contributed by atoms with van der Waals surface area (Å²) in [5, 5.41) is 14.1. The summed E-state index contributed by atoms with van der Waals surface area (Å²) in [4.78, 5) is 4.49. The zero-order valence-corrected chi connectivity index (χ0v) is 10.2. The number of methoxy groups -OCH3 is 1. The summed E-state index contributed by atoms with van der Waals surface area (Å²) in [7, 11) is 1.64. The van der Waals surface area contributed by atoms with Crippen molar-refractivity contribution in [3.63, 3.8) is 0 Å². The van der Waals surface area contributed by atoms with E-state index in [0.29, 0.717) is 12.2 Å². The van der Waals surface area contributed by atoms with E-state index in [4.69, 9.17) is 4.74 Å². The van der Waals surface area contributed by atoms with Crippen molar-refractivity contribution in [2.75, 3.05) is 7.11 Å². The number of nitrogens with zero attached hydrogens (tertiary/aromatic N) is 3. The molecule has 3 rings (SSSR count). The quantitative estimate of drug-likeness (QED) is 0.865. The Balaban J connectivity index is 2.02. The zero-order chi connectivity index (χ0) is 12.5. The van der Waals surface area contributed by atoms with Crippen molar-refractivity contribution in [3.05, 3.63) is 30.1 Å². The Morgan fingerprint density at radius 1 is 1.39 bits per heavy atom. The van der Waals surface area contributed by atoms with Crippen LogP contribution in [0.15, 0.2) is 24.3 Å². The fourth-order valence-electron chi connectivity index (χ4n) is 2.23. The van der Waals surface area contributed by atoms with E-state index >= 15 is 0 Å². The molecule has 18 heavy (non-hydrogen) atoms. The Morgan fingerprint density at radius 2 is 2.22 bits per heavy atom. The van der Waals surface area contributed by atoms with Gasteiger partial charge in [-0.2, -0.15) is 5.10 Å². The van der Waals surface area contributed by atoms with Crippen LogP contribution in [-0.4, -0.2) is 33.1 Å². The molecule has 1 aliphatic rings. The number of aromatic nitrogens is 3. The molecule has 0 saturated carbocycles. The van der Waals surface area contributed by atoms with Crippen LogP contribution in [0.5, 0.6) is 5.75 Å². The Labute approximate surface area is 105 Å². The first kappa shape index (κ1) is 11.2. The molecule has 1 unspecified atom stereocenters. The van der Waals surface area contributed by atoms with Gasteiger partial charge in [0.2, 0.25) is 0 Å². The lowest BCUT2D eigenvalue weighted by Gasteiger charge is -2.16. The number of fused-ring (bicyclic) bond motifs is 1. The Hall–Kier alpha value is -1.88. The molecule has 0 bridgehead atoms. The van der Waals surface area contributed by atoms with Gasteiger partial charge in [-0.05, 0) is 18.6 Å². The number of benzene rings is 1. The lowest BCUT2D eigenvalue weighted by molar-refractivity contribution is 0.138. The summed E-state index contributed by atoms with van der Waals surface area (Å²) in [5.41, 5.74) is 0.886. The average Bonchev–Trinajstić information content (AvgIpc) is 2.81. The summed E-state index contributed by atoms with van der Waals surface area (Å²) in [6.07, 6.45) is 1.01. The van der Waals surface area contributed by atoms with Gasteiger partial charge in [-0.3, -0.25) is 0 Å². The minimum atomic E-state index is -0.299. The molecular weight excluding hydrogens is 230 g/mol. The summed E-state index contributed by atoms with van der Waals surface area (Å²) < 4.78 is 7.18. The molecular formula is C13H15N3O2. The molecule has 5 heteroatoms. The van der Waals surface area contributed by atoms with Crippen molar-refractivity contribution in [1.29, 1.82) is 0 Å². The molecule has 0 spiro atoms. The van der Waals surface area contributed by atoms with Crippen LogP contribution in [0.4, 0.5) is 0 Å². The molecule has 2 aromatic rings. The third-order valence-electron chi connectivity index (χ3n) is 3.19. The number of hydrogen-bond donors (Lipinski definition) is 1. The minimum Gasteiger partial charge on any atom is -0.496 e. The van der Waals surface area contributed by atoms with E-state index in [9.17, 15) is 5.11 Å². The highest BCUT2D eigenvalue weighted by atomic mass is 16.5. The average molecular weight is 245 g/mol. The predicted octanol–water partition coefficient (Wildman–Crippen LogP) is 1.26. The highest BCUT2D eigenvalue weighted by Crippen LogP contribution is 2.28. The zero-order valence-electron chi connectivity index (χ0n) is 10.2. The first-order chi connectivity index (χ1) is 8.78. The normalized spacial score (nSPS) is 18.4. The highest BCUT2D eigenvalue weighted by Gasteiger charge is 2.21. The van der Waals surface area contributed by atoms with Gasteiger partial charge in [0.1, 0.15) is 11.6 Å². The number of aryl methyl sites for hydroxylation is 1. The van der Waals surface area contributed by atoms with Crippen LogP contribution in [0.2, 0.25) is 0 Å². The molecule has 1 N–H and O–H groups in total. The number of para-hydroxylation sites is 1. The van der Waals surface area contributed by atoms with E-state index in [1.807, 2.05) is 28.9 Å². The maximum Gasteiger partial charge on any atom is 0.185 e. The monoisotopic (exact) mass is 245 g/mol. The molecule has 2 heterocycles. The van der Waals surface area contributed by atoms with Crippen LogP contribution in [0.1, 0.15) is 12.2 Å². The van der Waals surface area contributed by atoms with Crippen LogP contribution < -0.4 is 4.74 Å². The second-order valence-corrected chi connectivity index (χ2v) is 4.42. The van der Waals surface area contributed by atoms with Crippen molar-refractivity contribution in [2.45, 2.75) is 25.5 Å². The maximum atomic E-state index is 9.63. The lowest BCUT2D eigenvalue weighted by Crippen LogP contribution is -2.23. The summed E-state index contributed by atoms with van der Waals surface area (Å²) >= 11 is 0. The Kier molecular flexibility index (Phi) is 2.76. The SMILES string of the molecule is COc1ccccc1-c1nc2n(n1)CCC(O)C2. The first-order valence-electron chi connectivity index (χ1n) is 6.03. The van der Waals surface area contributed by atoms with Gasteiger partial charge in [-0.15, -0.1) is 0 Å². The van der Waals surface area contributed by atoms with Crippen molar-refractivity contribution < 1.29 is 9.84 Å². The largest absolute Gasteiger partial charge is 0.496 e. The Morgan fingerprint density at radius 3 is 3.06 bits per heavy atom. The maximum absolute atomic E-state index is 9.63. The molecule has 0 radical (unpaired) electrons. The van der Waals surface area contributed by atoms with Gasteiger partial charge < -0.3 is 9.84 Å². The molecule has 5 nitrogen and oxygen atoms in total. The first-order valence-corrected chi connectivity index (χ1v) is 6.03. The highest BCUT2D eigenvalue weighted by molar-refractivity contribution is 5.63.